The van der Waals surface area contributed by atoms with Gasteiger partial charge in [0, 0.05) is 18.7 Å². The molecule has 1 aromatic carbocycles. The number of nitrogens with zero attached hydrogens (tertiary/aromatic N) is 4. The highest BCUT2D eigenvalue weighted by Crippen LogP contribution is 2.28. The molecule has 1 saturated heterocycles. The quantitative estimate of drug-likeness (QED) is 0.435. The molecule has 10 heteroatoms. The maximum Gasteiger partial charge on any atom is 0.292 e. The van der Waals surface area contributed by atoms with Gasteiger partial charge in [-0.15, -0.1) is 0 Å². The smallest absolute Gasteiger partial charge is 0.292 e. The second-order valence-corrected chi connectivity index (χ2v) is 7.83. The number of anilines is 1. The number of furan rings is 1. The number of nitro benzene ring substituents is 1. The third-order valence-electron chi connectivity index (χ3n) is 5.38. The van der Waals surface area contributed by atoms with Crippen LogP contribution in [0.1, 0.15) is 30.4 Å². The van der Waals surface area contributed by atoms with Gasteiger partial charge in [0.2, 0.25) is 0 Å². The molecule has 0 bridgehead atoms. The first-order valence-electron chi connectivity index (χ1n) is 10.0. The summed E-state index contributed by atoms with van der Waals surface area (Å²) in [4.78, 5) is 25.4. The van der Waals surface area contributed by atoms with Crippen molar-refractivity contribution in [3.05, 3.63) is 79.6 Å². The molecule has 3 aromatic rings. The molecule has 0 saturated carbocycles. The van der Waals surface area contributed by atoms with E-state index in [1.807, 2.05) is 19.1 Å². The molecule has 0 aliphatic carbocycles. The van der Waals surface area contributed by atoms with Gasteiger partial charge in [-0.1, -0.05) is 11.6 Å². The molecule has 0 amide bonds. The number of nitro groups is 1. The summed E-state index contributed by atoms with van der Waals surface area (Å²) in [6.07, 6.45) is 3.77. The fourth-order valence-corrected chi connectivity index (χ4v) is 3.95. The summed E-state index contributed by atoms with van der Waals surface area (Å²) in [6.45, 7) is 4.39. The molecular weight excluding hydrogens is 422 g/mol. The van der Waals surface area contributed by atoms with E-state index in [1.165, 1.54) is 30.5 Å². The second-order valence-electron chi connectivity index (χ2n) is 7.45. The lowest BCUT2D eigenvalue weighted by atomic mass is 10.2. The molecule has 1 N–H and O–H groups in total. The van der Waals surface area contributed by atoms with Crippen molar-refractivity contribution >= 4 is 23.0 Å². The van der Waals surface area contributed by atoms with Crippen LogP contribution in [0.15, 0.2) is 51.8 Å². The first-order chi connectivity index (χ1) is 14.9. The average Bonchev–Trinajstić information content (AvgIpc) is 3.44. The Morgan fingerprint density at radius 1 is 1.23 bits per heavy atom. The number of likely N-dealkylation sites (tertiary alicyclic amines) is 1. The number of aryl methyl sites for hydroxylation is 1. The first kappa shape index (κ1) is 21.1. The van der Waals surface area contributed by atoms with Crippen LogP contribution in [0, 0.1) is 17.0 Å². The van der Waals surface area contributed by atoms with Crippen LogP contribution in [0.2, 0.25) is 5.02 Å². The predicted molar refractivity (Wildman–Crippen MR) is 117 cm³/mol. The van der Waals surface area contributed by atoms with Gasteiger partial charge in [0.25, 0.3) is 11.2 Å². The van der Waals surface area contributed by atoms with E-state index in [1.54, 1.807) is 0 Å². The summed E-state index contributed by atoms with van der Waals surface area (Å²) < 4.78 is 6.98. The maximum atomic E-state index is 12.7. The van der Waals surface area contributed by atoms with Gasteiger partial charge in [-0.2, -0.15) is 9.78 Å². The summed E-state index contributed by atoms with van der Waals surface area (Å²) in [5.41, 5.74) is 0.247. The van der Waals surface area contributed by atoms with E-state index in [4.69, 9.17) is 16.0 Å². The summed E-state index contributed by atoms with van der Waals surface area (Å²) in [7, 11) is 0. The largest absolute Gasteiger partial charge is 0.465 e. The molecule has 0 spiro atoms. The lowest BCUT2D eigenvalue weighted by Crippen LogP contribution is -2.31. The van der Waals surface area contributed by atoms with Crippen molar-refractivity contribution in [2.24, 2.45) is 0 Å². The van der Waals surface area contributed by atoms with E-state index in [0.29, 0.717) is 17.9 Å². The molecule has 2 aromatic heterocycles. The zero-order valence-electron chi connectivity index (χ0n) is 17.0. The van der Waals surface area contributed by atoms with E-state index in [0.717, 1.165) is 42.1 Å². The third kappa shape index (κ3) is 4.47. The van der Waals surface area contributed by atoms with E-state index >= 15 is 0 Å². The number of aromatic nitrogens is 2. The number of benzene rings is 1. The SMILES string of the molecule is Cc1ccc(C(CNc2cnn(-c3ccc([N+](=O)[O-])cc3)c(=O)c2Cl)N2CCCC2)o1. The molecule has 9 nitrogen and oxygen atoms in total. The molecule has 162 valence electrons. The second kappa shape index (κ2) is 8.91. The molecular formula is C21H22ClN5O4. The molecule has 0 radical (unpaired) electrons. The van der Waals surface area contributed by atoms with E-state index in [9.17, 15) is 14.9 Å². The van der Waals surface area contributed by atoms with Crippen LogP contribution in [0.25, 0.3) is 5.69 Å². The number of hydrogen-bond acceptors (Lipinski definition) is 7. The van der Waals surface area contributed by atoms with Crippen LogP contribution < -0.4 is 10.9 Å². The number of non-ortho nitro benzene ring substituents is 1. The van der Waals surface area contributed by atoms with E-state index in [2.05, 4.69) is 15.3 Å². The summed E-state index contributed by atoms with van der Waals surface area (Å²) in [5.74, 6) is 1.72. The summed E-state index contributed by atoms with van der Waals surface area (Å²) >= 11 is 6.34. The molecule has 1 fully saturated rings. The molecule has 1 atom stereocenters. The van der Waals surface area contributed by atoms with Gasteiger partial charge in [0.05, 0.1) is 28.5 Å². The minimum absolute atomic E-state index is 0.00384. The maximum absolute atomic E-state index is 12.7. The summed E-state index contributed by atoms with van der Waals surface area (Å²) in [5, 5.41) is 18.3. The first-order valence-corrected chi connectivity index (χ1v) is 10.4. The Morgan fingerprint density at radius 3 is 2.55 bits per heavy atom. The van der Waals surface area contributed by atoms with Gasteiger partial charge in [0.15, 0.2) is 0 Å². The molecule has 1 unspecified atom stereocenters. The minimum Gasteiger partial charge on any atom is -0.465 e. The van der Waals surface area contributed by atoms with Crippen molar-refractivity contribution in [2.45, 2.75) is 25.8 Å². The zero-order chi connectivity index (χ0) is 22.0. The monoisotopic (exact) mass is 443 g/mol. The summed E-state index contributed by atoms with van der Waals surface area (Å²) in [6, 6.07) is 9.48. The highest BCUT2D eigenvalue weighted by atomic mass is 35.5. The Hall–Kier alpha value is -3.17. The normalized spacial score (nSPS) is 15.2. The van der Waals surface area contributed by atoms with Crippen LogP contribution in [0.4, 0.5) is 11.4 Å². The highest BCUT2D eigenvalue weighted by molar-refractivity contribution is 6.32. The van der Waals surface area contributed by atoms with E-state index in [-0.39, 0.29) is 16.8 Å². The number of hydrogen-bond donors (Lipinski definition) is 1. The van der Waals surface area contributed by atoms with Gasteiger partial charge in [0.1, 0.15) is 16.5 Å². The van der Waals surface area contributed by atoms with Crippen LogP contribution in [0.3, 0.4) is 0 Å². The van der Waals surface area contributed by atoms with Gasteiger partial charge >= 0.3 is 0 Å². The Labute approximate surface area is 183 Å². The molecule has 1 aliphatic rings. The van der Waals surface area contributed by atoms with Crippen LogP contribution in [0.5, 0.6) is 0 Å². The third-order valence-corrected chi connectivity index (χ3v) is 5.75. The van der Waals surface area contributed by atoms with Crippen LogP contribution in [-0.4, -0.2) is 39.2 Å². The standard InChI is InChI=1S/C21H22ClN5O4/c1-14-4-9-19(31-14)18(25-10-2-3-11-25)13-23-17-12-24-26(21(28)20(17)22)15-5-7-16(8-6-15)27(29)30/h4-9,12,18,23H,2-3,10-11,13H2,1H3. The number of rotatable bonds is 7. The van der Waals surface area contributed by atoms with Crippen molar-refractivity contribution in [3.63, 3.8) is 0 Å². The van der Waals surface area contributed by atoms with Crippen molar-refractivity contribution in [1.29, 1.82) is 0 Å². The predicted octanol–water partition coefficient (Wildman–Crippen LogP) is 3.94. The fraction of sp³-hybridized carbons (Fsp3) is 0.333. The number of nitrogens with one attached hydrogen (secondary N) is 1. The fourth-order valence-electron chi connectivity index (χ4n) is 3.76. The zero-order valence-corrected chi connectivity index (χ0v) is 17.7. The van der Waals surface area contributed by atoms with Crippen molar-refractivity contribution in [3.8, 4) is 5.69 Å². The lowest BCUT2D eigenvalue weighted by molar-refractivity contribution is -0.384. The lowest BCUT2D eigenvalue weighted by Gasteiger charge is -2.26. The van der Waals surface area contributed by atoms with Gasteiger partial charge in [-0.3, -0.25) is 19.8 Å². The molecule has 31 heavy (non-hydrogen) atoms. The Morgan fingerprint density at radius 2 is 1.94 bits per heavy atom. The van der Waals surface area contributed by atoms with Crippen LogP contribution in [-0.2, 0) is 0 Å². The Kier molecular flexibility index (Phi) is 6.06. The van der Waals surface area contributed by atoms with Gasteiger partial charge < -0.3 is 9.73 Å². The van der Waals surface area contributed by atoms with Crippen molar-refractivity contribution in [2.75, 3.05) is 25.0 Å². The van der Waals surface area contributed by atoms with Gasteiger partial charge in [-0.05, 0) is 57.1 Å². The molecule has 4 rings (SSSR count). The van der Waals surface area contributed by atoms with Gasteiger partial charge in [-0.25, -0.2) is 0 Å². The Balaban J connectivity index is 1.55. The minimum atomic E-state index is -0.507. The van der Waals surface area contributed by atoms with Crippen molar-refractivity contribution in [1.82, 2.24) is 14.7 Å². The number of halogens is 1. The van der Waals surface area contributed by atoms with Crippen LogP contribution >= 0.6 is 11.6 Å². The Bertz CT molecular complexity index is 1140. The highest BCUT2D eigenvalue weighted by Gasteiger charge is 2.26. The molecule has 1 aliphatic heterocycles. The average molecular weight is 444 g/mol. The topological polar surface area (TPSA) is 106 Å². The molecule has 3 heterocycles. The van der Waals surface area contributed by atoms with E-state index < -0.39 is 10.5 Å². The van der Waals surface area contributed by atoms with Crippen molar-refractivity contribution < 1.29 is 9.34 Å².